The van der Waals surface area contributed by atoms with Crippen LogP contribution in [-0.2, 0) is 0 Å². The van der Waals surface area contributed by atoms with Gasteiger partial charge in [-0.3, -0.25) is 4.79 Å². The second-order valence-electron chi connectivity index (χ2n) is 8.18. The third-order valence-electron chi connectivity index (χ3n) is 5.80. The Kier molecular flexibility index (Phi) is 6.30. The van der Waals surface area contributed by atoms with Crippen molar-refractivity contribution in [2.45, 2.75) is 37.8 Å². The number of likely N-dealkylation sites (N-methyl/N-ethyl adjacent to an activating group) is 1. The van der Waals surface area contributed by atoms with E-state index in [2.05, 4.69) is 25.5 Å². The summed E-state index contributed by atoms with van der Waals surface area (Å²) in [4.78, 5) is 22.1. The lowest BCUT2D eigenvalue weighted by Gasteiger charge is -2.36. The molecule has 1 saturated carbocycles. The average molecular weight is 466 g/mol. The highest BCUT2D eigenvalue weighted by atomic mass is 35.5. The molecule has 1 aliphatic carbocycles. The van der Waals surface area contributed by atoms with Crippen LogP contribution in [-0.4, -0.2) is 47.0 Å². The van der Waals surface area contributed by atoms with Gasteiger partial charge in [-0.1, -0.05) is 24.4 Å². The Morgan fingerprint density at radius 1 is 1.16 bits per heavy atom. The maximum atomic E-state index is 14.5. The first-order valence-corrected chi connectivity index (χ1v) is 10.7. The molecule has 170 valence electrons. The molecule has 0 aliphatic heterocycles. The molecule has 3 N–H and O–H groups in total. The molecule has 3 aromatic rings. The van der Waals surface area contributed by atoms with Crippen molar-refractivity contribution in [2.75, 3.05) is 24.7 Å². The van der Waals surface area contributed by atoms with Gasteiger partial charge in [0.15, 0.2) is 11.6 Å². The standard InChI is InChI=1S/C22H23ClF3N5O/c1-31(2)17-6-4-3-5-16(17)28-22-29-19-12(10-15(25)18(26)20(19)30-22)21(32)27-11-7-8-14(24)13(23)9-11/h7-10,16-17H,3-6H2,1-2H3,(H,27,32)(H2,28,29,30)/t16?,17-/m1/s1. The smallest absolute Gasteiger partial charge is 0.257 e. The van der Waals surface area contributed by atoms with Crippen molar-refractivity contribution in [3.8, 4) is 0 Å². The Bertz CT molecular complexity index is 1170. The van der Waals surface area contributed by atoms with Crippen LogP contribution in [0.25, 0.3) is 11.0 Å². The molecule has 1 aliphatic rings. The monoisotopic (exact) mass is 465 g/mol. The van der Waals surface area contributed by atoms with Crippen molar-refractivity contribution in [2.24, 2.45) is 0 Å². The van der Waals surface area contributed by atoms with E-state index in [0.29, 0.717) is 0 Å². The lowest BCUT2D eigenvalue weighted by molar-refractivity contribution is 0.102. The number of rotatable bonds is 5. The van der Waals surface area contributed by atoms with Crippen LogP contribution in [0.5, 0.6) is 0 Å². The summed E-state index contributed by atoms with van der Waals surface area (Å²) in [6.45, 7) is 0. The van der Waals surface area contributed by atoms with Gasteiger partial charge in [-0.2, -0.15) is 0 Å². The van der Waals surface area contributed by atoms with Crippen LogP contribution in [0, 0.1) is 17.5 Å². The number of aromatic nitrogens is 2. The zero-order valence-electron chi connectivity index (χ0n) is 17.6. The van der Waals surface area contributed by atoms with Gasteiger partial charge in [0, 0.05) is 17.8 Å². The minimum atomic E-state index is -1.19. The van der Waals surface area contributed by atoms with Crippen LogP contribution in [0.1, 0.15) is 36.0 Å². The lowest BCUT2D eigenvalue weighted by Crippen LogP contribution is -2.45. The van der Waals surface area contributed by atoms with E-state index in [1.54, 1.807) is 0 Å². The number of benzene rings is 2. The fourth-order valence-electron chi connectivity index (χ4n) is 4.20. The van der Waals surface area contributed by atoms with Gasteiger partial charge in [0.1, 0.15) is 11.3 Å². The summed E-state index contributed by atoms with van der Waals surface area (Å²) in [7, 11) is 4.00. The molecule has 0 spiro atoms. The van der Waals surface area contributed by atoms with Crippen molar-refractivity contribution in [1.29, 1.82) is 0 Å². The van der Waals surface area contributed by atoms with Crippen molar-refractivity contribution in [3.05, 3.63) is 52.3 Å². The number of hydrogen-bond acceptors (Lipinski definition) is 4. The maximum Gasteiger partial charge on any atom is 0.257 e. The highest BCUT2D eigenvalue weighted by molar-refractivity contribution is 6.31. The molecule has 0 bridgehead atoms. The van der Waals surface area contributed by atoms with Gasteiger partial charge >= 0.3 is 0 Å². The van der Waals surface area contributed by atoms with Crippen molar-refractivity contribution in [1.82, 2.24) is 14.9 Å². The summed E-state index contributed by atoms with van der Waals surface area (Å²) >= 11 is 5.75. The van der Waals surface area contributed by atoms with Gasteiger partial charge in [0.05, 0.1) is 16.1 Å². The van der Waals surface area contributed by atoms with Crippen LogP contribution in [0.4, 0.5) is 24.8 Å². The number of imidazole rings is 1. The zero-order valence-corrected chi connectivity index (χ0v) is 18.4. The molecular formula is C22H23ClF3N5O. The van der Waals surface area contributed by atoms with Crippen molar-refractivity contribution in [3.63, 3.8) is 0 Å². The first kappa shape index (κ1) is 22.4. The Labute approximate surface area is 188 Å². The molecule has 1 heterocycles. The Morgan fingerprint density at radius 2 is 1.91 bits per heavy atom. The number of hydrogen-bond donors (Lipinski definition) is 3. The van der Waals surface area contributed by atoms with E-state index in [1.165, 1.54) is 12.1 Å². The van der Waals surface area contributed by atoms with E-state index in [0.717, 1.165) is 37.8 Å². The van der Waals surface area contributed by atoms with Gasteiger partial charge < -0.3 is 20.5 Å². The molecule has 10 heteroatoms. The Hall–Kier alpha value is -2.78. The molecule has 4 rings (SSSR count). The predicted molar refractivity (Wildman–Crippen MR) is 119 cm³/mol. The molecule has 0 saturated heterocycles. The largest absolute Gasteiger partial charge is 0.351 e. The topological polar surface area (TPSA) is 73.1 Å². The highest BCUT2D eigenvalue weighted by Gasteiger charge is 2.28. The first-order chi connectivity index (χ1) is 15.2. The fourth-order valence-corrected chi connectivity index (χ4v) is 4.38. The number of carbonyl (C=O) groups is 1. The number of nitrogens with zero attached hydrogens (tertiary/aromatic N) is 2. The van der Waals surface area contributed by atoms with Crippen LogP contribution in [0.15, 0.2) is 24.3 Å². The predicted octanol–water partition coefficient (Wildman–Crippen LogP) is 5.17. The van der Waals surface area contributed by atoms with E-state index in [4.69, 9.17) is 11.6 Å². The number of fused-ring (bicyclic) bond motifs is 1. The number of anilines is 2. The first-order valence-electron chi connectivity index (χ1n) is 10.3. The fraction of sp³-hybridized carbons (Fsp3) is 0.364. The van der Waals surface area contributed by atoms with E-state index >= 15 is 0 Å². The molecular weight excluding hydrogens is 443 g/mol. The van der Waals surface area contributed by atoms with E-state index < -0.39 is 23.4 Å². The normalized spacial score (nSPS) is 18.8. The van der Waals surface area contributed by atoms with Gasteiger partial charge in [0.2, 0.25) is 5.95 Å². The van der Waals surface area contributed by atoms with Crippen LogP contribution >= 0.6 is 11.6 Å². The quantitative estimate of drug-likeness (QED) is 0.486. The Balaban J connectivity index is 1.66. The number of carbonyl (C=O) groups excluding carboxylic acids is 1. The number of H-pyrrole nitrogens is 1. The summed E-state index contributed by atoms with van der Waals surface area (Å²) in [6, 6.07) is 4.80. The van der Waals surface area contributed by atoms with E-state index in [9.17, 15) is 18.0 Å². The van der Waals surface area contributed by atoms with E-state index in [-0.39, 0.29) is 45.3 Å². The maximum absolute atomic E-state index is 14.5. The third kappa shape index (κ3) is 4.40. The van der Waals surface area contributed by atoms with Crippen LogP contribution in [0.2, 0.25) is 5.02 Å². The Morgan fingerprint density at radius 3 is 2.62 bits per heavy atom. The summed E-state index contributed by atoms with van der Waals surface area (Å²) < 4.78 is 42.1. The van der Waals surface area contributed by atoms with Crippen molar-refractivity contribution >= 4 is 40.2 Å². The van der Waals surface area contributed by atoms with Crippen LogP contribution in [0.3, 0.4) is 0 Å². The molecule has 1 unspecified atom stereocenters. The molecule has 1 amide bonds. The van der Waals surface area contributed by atoms with Gasteiger partial charge in [0.25, 0.3) is 5.91 Å². The minimum Gasteiger partial charge on any atom is -0.351 e. The molecule has 1 aromatic heterocycles. The lowest BCUT2D eigenvalue weighted by atomic mass is 9.90. The third-order valence-corrected chi connectivity index (χ3v) is 6.09. The second-order valence-corrected chi connectivity index (χ2v) is 8.59. The molecule has 32 heavy (non-hydrogen) atoms. The molecule has 1 fully saturated rings. The molecule has 0 radical (unpaired) electrons. The number of halogens is 4. The average Bonchev–Trinajstić information content (AvgIpc) is 3.17. The number of amides is 1. The summed E-state index contributed by atoms with van der Waals surface area (Å²) in [5.41, 5.74) is -0.123. The van der Waals surface area contributed by atoms with Crippen LogP contribution < -0.4 is 10.6 Å². The summed E-state index contributed by atoms with van der Waals surface area (Å²) in [5.74, 6) is -3.42. The number of nitrogens with one attached hydrogen (secondary N) is 3. The highest BCUT2D eigenvalue weighted by Crippen LogP contribution is 2.29. The van der Waals surface area contributed by atoms with Gasteiger partial charge in [-0.05, 0) is 51.2 Å². The number of aromatic amines is 1. The molecule has 2 aromatic carbocycles. The zero-order chi connectivity index (χ0) is 23.0. The van der Waals surface area contributed by atoms with Crippen molar-refractivity contribution < 1.29 is 18.0 Å². The van der Waals surface area contributed by atoms with Gasteiger partial charge in [-0.25, -0.2) is 18.2 Å². The molecule has 6 nitrogen and oxygen atoms in total. The van der Waals surface area contributed by atoms with E-state index in [1.807, 2.05) is 14.1 Å². The second kappa shape index (κ2) is 8.99. The minimum absolute atomic E-state index is 0.0642. The van der Waals surface area contributed by atoms with Gasteiger partial charge in [-0.15, -0.1) is 0 Å². The summed E-state index contributed by atoms with van der Waals surface area (Å²) in [5, 5.41) is 5.64. The summed E-state index contributed by atoms with van der Waals surface area (Å²) in [6.07, 6.45) is 4.11. The molecule has 2 atom stereocenters. The SMILES string of the molecule is CN(C)[C@@H]1CCCCC1Nc1nc2c(F)c(F)cc(C(=O)Nc3ccc(F)c(Cl)c3)c2[nH]1.